The van der Waals surface area contributed by atoms with Gasteiger partial charge in [0.25, 0.3) is 0 Å². The Bertz CT molecular complexity index is 674. The summed E-state index contributed by atoms with van der Waals surface area (Å²) in [6, 6.07) is 9.22. The minimum Gasteiger partial charge on any atom is -0.479 e. The van der Waals surface area contributed by atoms with E-state index in [9.17, 15) is 19.1 Å². The zero-order valence-electron chi connectivity index (χ0n) is 11.2. The normalized spacial score (nSPS) is 11.5. The topological polar surface area (TPSA) is 78.4 Å². The molecule has 0 saturated heterocycles. The zero-order chi connectivity index (χ0) is 16.1. The van der Waals surface area contributed by atoms with E-state index in [0.717, 1.165) is 12.1 Å². The van der Waals surface area contributed by atoms with Crippen molar-refractivity contribution < 1.29 is 19.1 Å². The summed E-state index contributed by atoms with van der Waals surface area (Å²) in [7, 11) is 0. The minimum atomic E-state index is -1.28. The molecule has 0 unspecified atom stereocenters. The van der Waals surface area contributed by atoms with Gasteiger partial charge < -0.3 is 15.7 Å². The SMILES string of the molecule is O=C(Nc1ccc(Cl)cc1)N[C@H](C(=O)O)c1ccc(F)cc1. The Morgan fingerprint density at radius 2 is 1.64 bits per heavy atom. The van der Waals surface area contributed by atoms with E-state index < -0.39 is 23.9 Å². The zero-order valence-corrected chi connectivity index (χ0v) is 12.0. The third kappa shape index (κ3) is 4.20. The predicted molar refractivity (Wildman–Crippen MR) is 80.4 cm³/mol. The number of anilines is 1. The summed E-state index contributed by atoms with van der Waals surface area (Å²) < 4.78 is 12.9. The van der Waals surface area contributed by atoms with Gasteiger partial charge in [0, 0.05) is 10.7 Å². The lowest BCUT2D eigenvalue weighted by atomic mass is 10.1. The molecule has 0 saturated carbocycles. The molecule has 114 valence electrons. The number of carbonyl (C=O) groups excluding carboxylic acids is 1. The molecule has 2 rings (SSSR count). The van der Waals surface area contributed by atoms with Crippen LogP contribution in [-0.4, -0.2) is 17.1 Å². The van der Waals surface area contributed by atoms with Crippen molar-refractivity contribution in [2.24, 2.45) is 0 Å². The number of urea groups is 1. The number of carboxylic acids is 1. The first-order chi connectivity index (χ1) is 10.5. The number of hydrogen-bond donors (Lipinski definition) is 3. The van der Waals surface area contributed by atoms with Crippen LogP contribution in [0.5, 0.6) is 0 Å². The molecule has 0 heterocycles. The molecular weight excluding hydrogens is 311 g/mol. The summed E-state index contributed by atoms with van der Waals surface area (Å²) in [5.74, 6) is -1.74. The number of carboxylic acid groups (broad SMARTS) is 1. The van der Waals surface area contributed by atoms with Crippen LogP contribution in [0, 0.1) is 5.82 Å². The van der Waals surface area contributed by atoms with Crippen molar-refractivity contribution in [2.75, 3.05) is 5.32 Å². The minimum absolute atomic E-state index is 0.264. The Kier molecular flexibility index (Phi) is 4.95. The van der Waals surface area contributed by atoms with Crippen molar-refractivity contribution >= 4 is 29.3 Å². The summed E-state index contributed by atoms with van der Waals surface area (Å²) >= 11 is 5.73. The summed E-state index contributed by atoms with van der Waals surface area (Å²) in [4.78, 5) is 23.1. The van der Waals surface area contributed by atoms with Gasteiger partial charge in [-0.05, 0) is 42.0 Å². The third-order valence-corrected chi connectivity index (χ3v) is 3.08. The number of aliphatic carboxylic acids is 1. The molecule has 2 aromatic carbocycles. The molecule has 0 radical (unpaired) electrons. The molecule has 0 bridgehead atoms. The van der Waals surface area contributed by atoms with Gasteiger partial charge in [-0.1, -0.05) is 23.7 Å². The number of carbonyl (C=O) groups is 2. The van der Waals surface area contributed by atoms with Crippen LogP contribution in [0.15, 0.2) is 48.5 Å². The Balaban J connectivity index is 2.07. The number of rotatable bonds is 4. The van der Waals surface area contributed by atoms with Gasteiger partial charge in [-0.15, -0.1) is 0 Å². The molecule has 3 N–H and O–H groups in total. The first-order valence-electron chi connectivity index (χ1n) is 6.27. The summed E-state index contributed by atoms with van der Waals surface area (Å²) in [6.07, 6.45) is 0. The molecule has 0 aromatic heterocycles. The van der Waals surface area contributed by atoms with E-state index in [2.05, 4.69) is 10.6 Å². The summed E-state index contributed by atoms with van der Waals surface area (Å²) in [5, 5.41) is 14.5. The molecule has 0 fully saturated rings. The monoisotopic (exact) mass is 322 g/mol. The van der Waals surface area contributed by atoms with Crippen LogP contribution in [0.1, 0.15) is 11.6 Å². The van der Waals surface area contributed by atoms with Crippen molar-refractivity contribution in [2.45, 2.75) is 6.04 Å². The lowest BCUT2D eigenvalue weighted by Crippen LogP contribution is -2.36. The molecule has 1 atom stereocenters. The van der Waals surface area contributed by atoms with Crippen LogP contribution >= 0.6 is 11.6 Å². The van der Waals surface area contributed by atoms with Crippen molar-refractivity contribution in [1.29, 1.82) is 0 Å². The van der Waals surface area contributed by atoms with Crippen LogP contribution in [0.3, 0.4) is 0 Å². The summed E-state index contributed by atoms with van der Waals surface area (Å²) in [5.41, 5.74) is 0.727. The van der Waals surface area contributed by atoms with Gasteiger partial charge in [0.15, 0.2) is 6.04 Å². The largest absolute Gasteiger partial charge is 0.479 e. The van der Waals surface area contributed by atoms with E-state index in [1.54, 1.807) is 24.3 Å². The molecule has 0 aliphatic heterocycles. The predicted octanol–water partition coefficient (Wildman–Crippen LogP) is 3.43. The van der Waals surface area contributed by atoms with Crippen LogP contribution < -0.4 is 10.6 Å². The second-order valence-electron chi connectivity index (χ2n) is 4.43. The van der Waals surface area contributed by atoms with Crippen LogP contribution in [0.4, 0.5) is 14.9 Å². The molecule has 2 aromatic rings. The van der Waals surface area contributed by atoms with Gasteiger partial charge in [0.2, 0.25) is 0 Å². The first kappa shape index (κ1) is 15.8. The molecule has 2 amide bonds. The van der Waals surface area contributed by atoms with Crippen molar-refractivity contribution in [3.05, 3.63) is 64.9 Å². The molecule has 22 heavy (non-hydrogen) atoms. The standard InChI is InChI=1S/C15H12ClFN2O3/c16-10-3-7-12(8-4-10)18-15(22)19-13(14(20)21)9-1-5-11(17)6-2-9/h1-8,13H,(H,20,21)(H2,18,19,22)/t13-/m0/s1. The fourth-order valence-corrected chi connectivity index (χ4v) is 1.90. The highest BCUT2D eigenvalue weighted by Crippen LogP contribution is 2.16. The highest BCUT2D eigenvalue weighted by Gasteiger charge is 2.22. The molecule has 0 aliphatic carbocycles. The Hall–Kier alpha value is -2.60. The maximum absolute atomic E-state index is 12.9. The Morgan fingerprint density at radius 1 is 1.05 bits per heavy atom. The lowest BCUT2D eigenvalue weighted by molar-refractivity contribution is -0.139. The second kappa shape index (κ2) is 6.91. The first-order valence-corrected chi connectivity index (χ1v) is 6.65. The molecule has 0 spiro atoms. The van der Waals surface area contributed by atoms with Crippen molar-refractivity contribution in [1.82, 2.24) is 5.32 Å². The van der Waals surface area contributed by atoms with E-state index in [1.807, 2.05) is 0 Å². The van der Waals surface area contributed by atoms with E-state index in [4.69, 9.17) is 11.6 Å². The van der Waals surface area contributed by atoms with Crippen molar-refractivity contribution in [3.63, 3.8) is 0 Å². The van der Waals surface area contributed by atoms with Gasteiger partial charge in [0.05, 0.1) is 0 Å². The van der Waals surface area contributed by atoms with Crippen LogP contribution in [0.25, 0.3) is 0 Å². The maximum atomic E-state index is 12.9. The van der Waals surface area contributed by atoms with Gasteiger partial charge >= 0.3 is 12.0 Å². The number of hydrogen-bond acceptors (Lipinski definition) is 2. The fraction of sp³-hybridized carbons (Fsp3) is 0.0667. The van der Waals surface area contributed by atoms with Gasteiger partial charge in [-0.25, -0.2) is 14.0 Å². The Morgan fingerprint density at radius 3 is 2.18 bits per heavy atom. The molecular formula is C15H12ClFN2O3. The molecule has 0 aliphatic rings. The van der Waals surface area contributed by atoms with E-state index in [0.29, 0.717) is 10.7 Å². The lowest BCUT2D eigenvalue weighted by Gasteiger charge is -2.15. The van der Waals surface area contributed by atoms with Gasteiger partial charge in [-0.2, -0.15) is 0 Å². The molecule has 7 heteroatoms. The van der Waals surface area contributed by atoms with Crippen molar-refractivity contribution in [3.8, 4) is 0 Å². The maximum Gasteiger partial charge on any atom is 0.330 e. The highest BCUT2D eigenvalue weighted by molar-refractivity contribution is 6.30. The fourth-order valence-electron chi connectivity index (χ4n) is 1.77. The number of benzene rings is 2. The average molecular weight is 323 g/mol. The van der Waals surface area contributed by atoms with E-state index in [-0.39, 0.29) is 5.56 Å². The summed E-state index contributed by atoms with van der Waals surface area (Å²) in [6.45, 7) is 0. The average Bonchev–Trinajstić information content (AvgIpc) is 2.48. The smallest absolute Gasteiger partial charge is 0.330 e. The van der Waals surface area contributed by atoms with Gasteiger partial charge in [-0.3, -0.25) is 0 Å². The Labute approximate surface area is 130 Å². The number of nitrogens with one attached hydrogen (secondary N) is 2. The van der Waals surface area contributed by atoms with E-state index in [1.165, 1.54) is 12.1 Å². The number of halogens is 2. The third-order valence-electron chi connectivity index (χ3n) is 2.83. The molecule has 5 nitrogen and oxygen atoms in total. The van der Waals surface area contributed by atoms with Crippen LogP contribution in [0.2, 0.25) is 5.02 Å². The van der Waals surface area contributed by atoms with E-state index >= 15 is 0 Å². The van der Waals surface area contributed by atoms with Crippen LogP contribution in [-0.2, 0) is 4.79 Å². The highest BCUT2D eigenvalue weighted by atomic mass is 35.5. The quantitative estimate of drug-likeness (QED) is 0.807. The number of amides is 2. The second-order valence-corrected chi connectivity index (χ2v) is 4.86. The van der Waals surface area contributed by atoms with Gasteiger partial charge in [0.1, 0.15) is 5.82 Å².